The van der Waals surface area contributed by atoms with Crippen molar-refractivity contribution in [1.82, 2.24) is 4.98 Å². The number of hydrogen-bond acceptors (Lipinski definition) is 3. The Bertz CT molecular complexity index is 599. The number of amides is 1. The summed E-state index contributed by atoms with van der Waals surface area (Å²) in [6, 6.07) is 10.4. The highest BCUT2D eigenvalue weighted by molar-refractivity contribution is 7.85. The molecule has 2 aromatic rings. The Balaban J connectivity index is 2.27. The average molecular weight is 274 g/mol. The lowest BCUT2D eigenvalue weighted by molar-refractivity contribution is 0.102. The molecule has 0 saturated heterocycles. The highest BCUT2D eigenvalue weighted by Crippen LogP contribution is 2.16. The van der Waals surface area contributed by atoms with E-state index in [0.29, 0.717) is 21.9 Å². The Morgan fingerprint density at radius 1 is 1.21 bits per heavy atom. The topological polar surface area (TPSA) is 59.1 Å². The van der Waals surface area contributed by atoms with E-state index in [1.807, 2.05) is 6.92 Å². The predicted octanol–water partition coefficient (Wildman–Crippen LogP) is 2.46. The van der Waals surface area contributed by atoms with E-state index in [1.54, 1.807) is 48.8 Å². The van der Waals surface area contributed by atoms with E-state index in [9.17, 15) is 9.00 Å². The molecule has 4 nitrogen and oxygen atoms in total. The zero-order valence-electron chi connectivity index (χ0n) is 10.5. The fourth-order valence-electron chi connectivity index (χ4n) is 1.64. The summed E-state index contributed by atoms with van der Waals surface area (Å²) in [5.74, 6) is 0.225. The van der Waals surface area contributed by atoms with Gasteiger partial charge in [-0.2, -0.15) is 0 Å². The number of nitrogens with one attached hydrogen (secondary N) is 1. The molecule has 0 spiro atoms. The van der Waals surface area contributed by atoms with Crippen molar-refractivity contribution in [2.75, 3.05) is 11.1 Å². The molecule has 0 radical (unpaired) electrons. The van der Waals surface area contributed by atoms with Crippen LogP contribution in [0.3, 0.4) is 0 Å². The lowest BCUT2D eigenvalue weighted by atomic mass is 10.2. The first kappa shape index (κ1) is 13.4. The molecular formula is C14H14N2O2S. The third-order valence-electron chi connectivity index (χ3n) is 2.58. The van der Waals surface area contributed by atoms with Crippen molar-refractivity contribution in [2.24, 2.45) is 0 Å². The van der Waals surface area contributed by atoms with Crippen molar-refractivity contribution in [3.8, 4) is 0 Å². The number of nitrogens with zero attached hydrogens (tertiary/aromatic N) is 1. The van der Waals surface area contributed by atoms with Gasteiger partial charge in [0.1, 0.15) is 0 Å². The Hall–Kier alpha value is -2.01. The molecule has 1 N–H and O–H groups in total. The Morgan fingerprint density at radius 2 is 1.89 bits per heavy atom. The summed E-state index contributed by atoms with van der Waals surface area (Å²) in [6.07, 6.45) is 3.21. The second-order valence-corrected chi connectivity index (χ2v) is 5.53. The standard InChI is InChI=1S/C14H14N2O2S/c1-2-19(18)13-6-4-3-5-12(13)14(17)16-11-7-9-15-10-8-11/h3-10H,2H2,1H3,(H,15,16,17)/t19-/m0/s1. The van der Waals surface area contributed by atoms with Crippen molar-refractivity contribution in [3.05, 3.63) is 54.4 Å². The summed E-state index contributed by atoms with van der Waals surface area (Å²) >= 11 is 0. The van der Waals surface area contributed by atoms with Gasteiger partial charge in [-0.3, -0.25) is 14.0 Å². The maximum absolute atomic E-state index is 12.2. The molecule has 0 aliphatic heterocycles. The van der Waals surface area contributed by atoms with Crippen LogP contribution in [0.2, 0.25) is 0 Å². The van der Waals surface area contributed by atoms with E-state index in [0.717, 1.165) is 0 Å². The predicted molar refractivity (Wildman–Crippen MR) is 75.6 cm³/mol. The molecule has 98 valence electrons. The molecule has 0 unspecified atom stereocenters. The molecule has 1 aromatic heterocycles. The van der Waals surface area contributed by atoms with Crippen LogP contribution in [0.1, 0.15) is 17.3 Å². The number of anilines is 1. The average Bonchev–Trinajstić information content (AvgIpc) is 2.47. The Kier molecular flexibility index (Phi) is 4.41. The molecular weight excluding hydrogens is 260 g/mol. The molecule has 1 aromatic carbocycles. The van der Waals surface area contributed by atoms with E-state index < -0.39 is 10.8 Å². The van der Waals surface area contributed by atoms with Gasteiger partial charge in [0.15, 0.2) is 0 Å². The number of carbonyl (C=O) groups excluding carboxylic acids is 1. The van der Waals surface area contributed by atoms with Crippen molar-refractivity contribution < 1.29 is 9.00 Å². The molecule has 2 rings (SSSR count). The lowest BCUT2D eigenvalue weighted by Gasteiger charge is -2.09. The highest BCUT2D eigenvalue weighted by atomic mass is 32.2. The largest absolute Gasteiger partial charge is 0.322 e. The first-order chi connectivity index (χ1) is 9.22. The summed E-state index contributed by atoms with van der Waals surface area (Å²) < 4.78 is 11.9. The minimum absolute atomic E-state index is 0.261. The van der Waals surface area contributed by atoms with Crippen LogP contribution in [0, 0.1) is 0 Å². The summed E-state index contributed by atoms with van der Waals surface area (Å²) in [6.45, 7) is 1.83. The van der Waals surface area contributed by atoms with Crippen LogP contribution in [0.15, 0.2) is 53.7 Å². The fraction of sp³-hybridized carbons (Fsp3) is 0.143. The van der Waals surface area contributed by atoms with Crippen LogP contribution < -0.4 is 5.32 Å². The monoisotopic (exact) mass is 274 g/mol. The molecule has 1 amide bonds. The van der Waals surface area contributed by atoms with E-state index in [1.165, 1.54) is 0 Å². The van der Waals surface area contributed by atoms with Gasteiger partial charge in [0, 0.05) is 23.8 Å². The molecule has 1 heterocycles. The normalized spacial score (nSPS) is 11.8. The molecule has 0 aliphatic rings. The summed E-state index contributed by atoms with van der Waals surface area (Å²) in [5.41, 5.74) is 1.11. The maximum Gasteiger partial charge on any atom is 0.256 e. The molecule has 0 aliphatic carbocycles. The van der Waals surface area contributed by atoms with Crippen LogP contribution in [0.25, 0.3) is 0 Å². The Labute approximate surface area is 114 Å². The van der Waals surface area contributed by atoms with Gasteiger partial charge in [-0.15, -0.1) is 0 Å². The van der Waals surface area contributed by atoms with Gasteiger partial charge in [-0.25, -0.2) is 0 Å². The first-order valence-electron chi connectivity index (χ1n) is 5.91. The third-order valence-corrected chi connectivity index (χ3v) is 3.95. The van der Waals surface area contributed by atoms with E-state index in [2.05, 4.69) is 10.3 Å². The molecule has 0 saturated carbocycles. The minimum atomic E-state index is -1.15. The molecule has 0 bridgehead atoms. The first-order valence-corrected chi connectivity index (χ1v) is 7.23. The van der Waals surface area contributed by atoms with Crippen LogP contribution in [0.5, 0.6) is 0 Å². The van der Waals surface area contributed by atoms with Crippen molar-refractivity contribution in [3.63, 3.8) is 0 Å². The summed E-state index contributed by atoms with van der Waals surface area (Å²) in [7, 11) is -1.15. The van der Waals surface area contributed by atoms with Gasteiger partial charge in [0.25, 0.3) is 5.91 Å². The van der Waals surface area contributed by atoms with Crippen LogP contribution in [-0.4, -0.2) is 20.9 Å². The molecule has 19 heavy (non-hydrogen) atoms. The smallest absolute Gasteiger partial charge is 0.256 e. The van der Waals surface area contributed by atoms with E-state index in [4.69, 9.17) is 0 Å². The maximum atomic E-state index is 12.2. The van der Waals surface area contributed by atoms with Crippen molar-refractivity contribution >= 4 is 22.4 Å². The molecule has 1 atom stereocenters. The zero-order valence-corrected chi connectivity index (χ0v) is 11.3. The minimum Gasteiger partial charge on any atom is -0.322 e. The SMILES string of the molecule is CC[S@](=O)c1ccccc1C(=O)Nc1ccncc1. The number of benzene rings is 1. The van der Waals surface area contributed by atoms with E-state index in [-0.39, 0.29) is 5.91 Å². The third kappa shape index (κ3) is 3.26. The lowest BCUT2D eigenvalue weighted by Crippen LogP contribution is -2.15. The fourth-order valence-corrected chi connectivity index (χ4v) is 2.59. The van der Waals surface area contributed by atoms with Crippen LogP contribution >= 0.6 is 0 Å². The second-order valence-electron chi connectivity index (χ2n) is 3.82. The number of aromatic nitrogens is 1. The van der Waals surface area contributed by atoms with Gasteiger partial charge in [0.05, 0.1) is 21.3 Å². The Morgan fingerprint density at radius 3 is 2.58 bits per heavy atom. The summed E-state index contributed by atoms with van der Waals surface area (Å²) in [4.78, 5) is 16.6. The number of rotatable bonds is 4. The van der Waals surface area contributed by atoms with Gasteiger partial charge < -0.3 is 5.32 Å². The van der Waals surface area contributed by atoms with Gasteiger partial charge in [-0.1, -0.05) is 19.1 Å². The summed E-state index contributed by atoms with van der Waals surface area (Å²) in [5, 5.41) is 2.76. The zero-order chi connectivity index (χ0) is 13.7. The number of pyridine rings is 1. The van der Waals surface area contributed by atoms with Crippen molar-refractivity contribution in [1.29, 1.82) is 0 Å². The van der Waals surface area contributed by atoms with Gasteiger partial charge >= 0.3 is 0 Å². The highest BCUT2D eigenvalue weighted by Gasteiger charge is 2.14. The molecule has 0 fully saturated rings. The van der Waals surface area contributed by atoms with Crippen LogP contribution in [0.4, 0.5) is 5.69 Å². The van der Waals surface area contributed by atoms with Crippen molar-refractivity contribution in [2.45, 2.75) is 11.8 Å². The molecule has 5 heteroatoms. The quantitative estimate of drug-likeness (QED) is 0.931. The number of carbonyl (C=O) groups is 1. The second kappa shape index (κ2) is 6.24. The number of hydrogen-bond donors (Lipinski definition) is 1. The van der Waals surface area contributed by atoms with Gasteiger partial charge in [0.2, 0.25) is 0 Å². The van der Waals surface area contributed by atoms with Gasteiger partial charge in [-0.05, 0) is 24.3 Å². The van der Waals surface area contributed by atoms with Crippen LogP contribution in [-0.2, 0) is 10.8 Å². The van der Waals surface area contributed by atoms with E-state index >= 15 is 0 Å².